The van der Waals surface area contributed by atoms with Crippen molar-refractivity contribution >= 4 is 34.4 Å². The van der Waals surface area contributed by atoms with Crippen molar-refractivity contribution in [2.45, 2.75) is 75.9 Å². The molecule has 4 fully saturated rings. The van der Waals surface area contributed by atoms with Gasteiger partial charge in [0.2, 0.25) is 0 Å². The van der Waals surface area contributed by atoms with E-state index in [1.165, 1.54) is 0 Å². The first-order valence-corrected chi connectivity index (χ1v) is 16.0. The number of hydrogen-bond acceptors (Lipinski definition) is 8. The average Bonchev–Trinajstić information content (AvgIpc) is 3.67. The number of amides is 1. The van der Waals surface area contributed by atoms with Crippen molar-refractivity contribution in [3.05, 3.63) is 41.3 Å². The van der Waals surface area contributed by atoms with E-state index in [1.54, 1.807) is 24.4 Å². The highest BCUT2D eigenvalue weighted by atomic mass is 35.5. The number of unbranched alkanes of at least 4 members (excludes halogenated alkanes) is 1. The van der Waals surface area contributed by atoms with Crippen LogP contribution in [0.3, 0.4) is 0 Å². The zero-order valence-electron chi connectivity index (χ0n) is 24.6. The number of fused-ring (bicyclic) bond motifs is 4. The van der Waals surface area contributed by atoms with Crippen molar-refractivity contribution in [1.29, 1.82) is 0 Å². The molecule has 7 rings (SSSR count). The van der Waals surface area contributed by atoms with Gasteiger partial charge in [0.05, 0.1) is 34.6 Å². The Morgan fingerprint density at radius 1 is 1.12 bits per heavy atom. The second-order valence-electron chi connectivity index (χ2n) is 12.4. The van der Waals surface area contributed by atoms with Crippen molar-refractivity contribution in [3.63, 3.8) is 0 Å². The molecule has 228 valence electrons. The number of anilines is 1. The SMILES string of the molecule is CCCCOC(=O)N1C2CCC1CN(c1nc(OCC34CCCN3CCC4)nc3c(F)c(-c4ccccc4Cl)ncc13)C2. The summed E-state index contributed by atoms with van der Waals surface area (Å²) in [5, 5.41) is 0.930. The normalized spacial score (nSPS) is 22.8. The number of carbonyl (C=O) groups is 1. The van der Waals surface area contributed by atoms with Crippen LogP contribution in [0.5, 0.6) is 6.01 Å². The van der Waals surface area contributed by atoms with E-state index in [0.717, 1.165) is 64.5 Å². The summed E-state index contributed by atoms with van der Waals surface area (Å²) in [6.45, 7) is 6.29. The van der Waals surface area contributed by atoms with Gasteiger partial charge in [-0.1, -0.05) is 43.1 Å². The summed E-state index contributed by atoms with van der Waals surface area (Å²) in [5.74, 6) is 0.0296. The molecule has 9 nitrogen and oxygen atoms in total. The molecule has 0 aliphatic carbocycles. The molecule has 4 saturated heterocycles. The van der Waals surface area contributed by atoms with Crippen LogP contribution in [0.4, 0.5) is 15.0 Å². The van der Waals surface area contributed by atoms with Gasteiger partial charge in [-0.25, -0.2) is 9.18 Å². The fourth-order valence-electron chi connectivity index (χ4n) is 7.58. The first-order valence-electron chi connectivity index (χ1n) is 15.7. The number of piperazine rings is 1. The van der Waals surface area contributed by atoms with Gasteiger partial charge in [0, 0.05) is 24.8 Å². The third-order valence-corrected chi connectivity index (χ3v) is 10.1. The highest BCUT2D eigenvalue weighted by Crippen LogP contribution is 2.41. The van der Waals surface area contributed by atoms with Crippen molar-refractivity contribution in [2.75, 3.05) is 44.3 Å². The smallest absolute Gasteiger partial charge is 0.410 e. The Morgan fingerprint density at radius 3 is 2.58 bits per heavy atom. The van der Waals surface area contributed by atoms with E-state index in [9.17, 15) is 4.79 Å². The number of rotatable bonds is 8. The molecule has 2 aromatic heterocycles. The molecule has 6 heterocycles. The molecule has 2 unspecified atom stereocenters. The minimum atomic E-state index is -0.554. The van der Waals surface area contributed by atoms with Gasteiger partial charge in [0.15, 0.2) is 5.82 Å². The van der Waals surface area contributed by atoms with Gasteiger partial charge in [0.1, 0.15) is 23.6 Å². The molecule has 0 radical (unpaired) electrons. The van der Waals surface area contributed by atoms with Gasteiger partial charge in [-0.2, -0.15) is 9.97 Å². The zero-order chi connectivity index (χ0) is 29.6. The summed E-state index contributed by atoms with van der Waals surface area (Å²) in [6.07, 6.45) is 9.47. The first kappa shape index (κ1) is 28.5. The Morgan fingerprint density at radius 2 is 1.86 bits per heavy atom. The standard InChI is InChI=1S/C32H38ClFN6O3/c1-2-3-16-42-31(41)40-21-10-11-22(40)19-38(18-21)29-24-17-35-27(23-8-4-5-9-25(23)33)26(34)28(24)36-30(37-29)43-20-32-12-6-14-39(32)15-7-13-32/h4-5,8-9,17,21-22H,2-3,6-7,10-16,18-20H2,1H3. The summed E-state index contributed by atoms with van der Waals surface area (Å²) in [4.78, 5) is 33.6. The average molecular weight is 609 g/mol. The Kier molecular flexibility index (Phi) is 7.75. The minimum absolute atomic E-state index is 0.000857. The van der Waals surface area contributed by atoms with Crippen LogP contribution in [-0.4, -0.2) is 87.9 Å². The molecule has 11 heteroatoms. The molecule has 4 aliphatic rings. The molecule has 2 bridgehead atoms. The number of benzene rings is 1. The number of hydrogen-bond donors (Lipinski definition) is 0. The van der Waals surface area contributed by atoms with Gasteiger partial charge in [-0.05, 0) is 64.1 Å². The number of pyridine rings is 1. The monoisotopic (exact) mass is 608 g/mol. The van der Waals surface area contributed by atoms with Gasteiger partial charge < -0.3 is 14.4 Å². The second kappa shape index (κ2) is 11.7. The number of nitrogens with zero attached hydrogens (tertiary/aromatic N) is 6. The topological polar surface area (TPSA) is 83.9 Å². The first-order chi connectivity index (χ1) is 21.0. The van der Waals surface area contributed by atoms with E-state index < -0.39 is 5.82 Å². The van der Waals surface area contributed by atoms with Crippen molar-refractivity contribution in [1.82, 2.24) is 24.8 Å². The Bertz CT molecular complexity index is 1500. The van der Waals surface area contributed by atoms with Crippen LogP contribution in [0.2, 0.25) is 5.02 Å². The molecule has 3 aromatic rings. The highest BCUT2D eigenvalue weighted by molar-refractivity contribution is 6.33. The number of halogens is 2. The molecular weight excluding hydrogens is 571 g/mol. The summed E-state index contributed by atoms with van der Waals surface area (Å²) in [6, 6.07) is 7.24. The molecule has 2 atom stereocenters. The summed E-state index contributed by atoms with van der Waals surface area (Å²) in [5.41, 5.74) is 0.808. The fourth-order valence-corrected chi connectivity index (χ4v) is 7.81. The largest absolute Gasteiger partial charge is 0.461 e. The van der Waals surface area contributed by atoms with E-state index >= 15 is 4.39 Å². The number of aromatic nitrogens is 3. The van der Waals surface area contributed by atoms with E-state index in [-0.39, 0.29) is 40.9 Å². The van der Waals surface area contributed by atoms with Crippen LogP contribution in [0.25, 0.3) is 22.2 Å². The lowest BCUT2D eigenvalue weighted by molar-refractivity contribution is 0.0776. The molecule has 1 aromatic carbocycles. The van der Waals surface area contributed by atoms with Crippen LogP contribution >= 0.6 is 11.6 Å². The molecule has 0 spiro atoms. The minimum Gasteiger partial charge on any atom is -0.461 e. The molecule has 43 heavy (non-hydrogen) atoms. The lowest BCUT2D eigenvalue weighted by Gasteiger charge is -2.41. The maximum atomic E-state index is 16.3. The lowest BCUT2D eigenvalue weighted by atomic mass is 9.95. The Labute approximate surface area is 256 Å². The highest BCUT2D eigenvalue weighted by Gasteiger charge is 2.46. The summed E-state index contributed by atoms with van der Waals surface area (Å²) < 4.78 is 28.3. The van der Waals surface area contributed by atoms with E-state index in [0.29, 0.717) is 48.1 Å². The molecular formula is C32H38ClFN6O3. The maximum absolute atomic E-state index is 16.3. The quantitative estimate of drug-likeness (QED) is 0.285. The maximum Gasteiger partial charge on any atom is 0.410 e. The second-order valence-corrected chi connectivity index (χ2v) is 12.8. The molecule has 0 N–H and O–H groups in total. The predicted molar refractivity (Wildman–Crippen MR) is 163 cm³/mol. The summed E-state index contributed by atoms with van der Waals surface area (Å²) >= 11 is 6.44. The van der Waals surface area contributed by atoms with Crippen molar-refractivity contribution in [2.24, 2.45) is 0 Å². The van der Waals surface area contributed by atoms with Crippen LogP contribution in [0, 0.1) is 5.82 Å². The third kappa shape index (κ3) is 5.16. The van der Waals surface area contributed by atoms with Crippen LogP contribution in [-0.2, 0) is 4.74 Å². The predicted octanol–water partition coefficient (Wildman–Crippen LogP) is 6.08. The van der Waals surface area contributed by atoms with Crippen LogP contribution in [0.1, 0.15) is 58.3 Å². The van der Waals surface area contributed by atoms with Crippen molar-refractivity contribution < 1.29 is 18.7 Å². The van der Waals surface area contributed by atoms with Crippen LogP contribution in [0.15, 0.2) is 30.5 Å². The van der Waals surface area contributed by atoms with Crippen molar-refractivity contribution in [3.8, 4) is 17.3 Å². The van der Waals surface area contributed by atoms with E-state index in [1.807, 2.05) is 11.0 Å². The molecule has 1 amide bonds. The Balaban J connectivity index is 1.24. The van der Waals surface area contributed by atoms with Gasteiger partial charge in [-0.15, -0.1) is 0 Å². The zero-order valence-corrected chi connectivity index (χ0v) is 25.4. The van der Waals surface area contributed by atoms with Crippen LogP contribution < -0.4 is 9.64 Å². The fraction of sp³-hybridized carbons (Fsp3) is 0.562. The number of ether oxygens (including phenoxy) is 2. The lowest BCUT2D eigenvalue weighted by Crippen LogP contribution is -2.56. The van der Waals surface area contributed by atoms with Gasteiger partial charge in [0.25, 0.3) is 0 Å². The van der Waals surface area contributed by atoms with Gasteiger partial charge in [-0.3, -0.25) is 14.8 Å². The third-order valence-electron chi connectivity index (χ3n) is 9.77. The summed E-state index contributed by atoms with van der Waals surface area (Å²) in [7, 11) is 0. The molecule has 0 saturated carbocycles. The Hall–Kier alpha value is -3.24. The van der Waals surface area contributed by atoms with Gasteiger partial charge >= 0.3 is 12.1 Å². The van der Waals surface area contributed by atoms with E-state index in [4.69, 9.17) is 26.1 Å². The molecule has 4 aliphatic heterocycles. The van der Waals surface area contributed by atoms with E-state index in [2.05, 4.69) is 26.7 Å². The number of carbonyl (C=O) groups excluding carboxylic acids is 1.